The van der Waals surface area contributed by atoms with E-state index < -0.39 is 5.54 Å². The molecule has 1 aliphatic rings. The van der Waals surface area contributed by atoms with E-state index in [0.29, 0.717) is 0 Å². The largest absolute Gasteiger partial charge is 0.497 e. The minimum atomic E-state index is -0.423. The Hall–Kier alpha value is -1.55. The SMILES string of the molecule is COc1cccc(C(C)NC(=O)C2(C)CCCN2)c1. The van der Waals surface area contributed by atoms with Crippen LogP contribution in [0, 0.1) is 0 Å². The van der Waals surface area contributed by atoms with Crippen molar-refractivity contribution in [3.8, 4) is 5.75 Å². The summed E-state index contributed by atoms with van der Waals surface area (Å²) in [7, 11) is 1.64. The molecule has 1 aromatic carbocycles. The van der Waals surface area contributed by atoms with Gasteiger partial charge in [0.1, 0.15) is 5.75 Å². The molecule has 0 aliphatic carbocycles. The third kappa shape index (κ3) is 3.07. The van der Waals surface area contributed by atoms with Crippen LogP contribution in [-0.4, -0.2) is 25.1 Å². The Kier molecular flexibility index (Phi) is 4.10. The molecule has 4 heteroatoms. The maximum atomic E-state index is 12.3. The van der Waals surface area contributed by atoms with E-state index >= 15 is 0 Å². The van der Waals surface area contributed by atoms with Crippen LogP contribution in [0.2, 0.25) is 0 Å². The highest BCUT2D eigenvalue weighted by Gasteiger charge is 2.36. The zero-order valence-electron chi connectivity index (χ0n) is 11.8. The summed E-state index contributed by atoms with van der Waals surface area (Å²) >= 11 is 0. The Morgan fingerprint density at radius 2 is 2.32 bits per heavy atom. The molecule has 1 fully saturated rings. The average Bonchev–Trinajstić information content (AvgIpc) is 2.87. The standard InChI is InChI=1S/C15H22N2O2/c1-11(12-6-4-7-13(10-12)19-3)17-14(18)15(2)8-5-9-16-15/h4,6-7,10-11,16H,5,8-9H2,1-3H3,(H,17,18). The van der Waals surface area contributed by atoms with Gasteiger partial charge in [0.25, 0.3) is 0 Å². The van der Waals surface area contributed by atoms with E-state index in [1.165, 1.54) is 0 Å². The molecular formula is C15H22N2O2. The number of amides is 1. The highest BCUT2D eigenvalue weighted by Crippen LogP contribution is 2.22. The van der Waals surface area contributed by atoms with Crippen molar-refractivity contribution in [3.63, 3.8) is 0 Å². The Morgan fingerprint density at radius 1 is 1.53 bits per heavy atom. The monoisotopic (exact) mass is 262 g/mol. The van der Waals surface area contributed by atoms with Gasteiger partial charge in [-0.25, -0.2) is 0 Å². The van der Waals surface area contributed by atoms with Crippen molar-refractivity contribution in [1.29, 1.82) is 0 Å². The number of carbonyl (C=O) groups excluding carboxylic acids is 1. The second-order valence-corrected chi connectivity index (χ2v) is 5.33. The van der Waals surface area contributed by atoms with Crippen molar-refractivity contribution in [1.82, 2.24) is 10.6 Å². The molecule has 1 saturated heterocycles. The van der Waals surface area contributed by atoms with E-state index in [0.717, 1.165) is 30.7 Å². The first-order chi connectivity index (χ1) is 9.05. The van der Waals surface area contributed by atoms with Gasteiger partial charge in [0.2, 0.25) is 5.91 Å². The van der Waals surface area contributed by atoms with E-state index in [9.17, 15) is 4.79 Å². The number of ether oxygens (including phenoxy) is 1. The van der Waals surface area contributed by atoms with Crippen molar-refractivity contribution in [2.24, 2.45) is 0 Å². The molecule has 2 atom stereocenters. The summed E-state index contributed by atoms with van der Waals surface area (Å²) in [6, 6.07) is 7.76. The molecule has 0 radical (unpaired) electrons. The van der Waals surface area contributed by atoms with E-state index in [4.69, 9.17) is 4.74 Å². The summed E-state index contributed by atoms with van der Waals surface area (Å²) in [6.07, 6.45) is 1.95. The second kappa shape index (κ2) is 5.61. The van der Waals surface area contributed by atoms with E-state index in [1.54, 1.807) is 7.11 Å². The lowest BCUT2D eigenvalue weighted by Gasteiger charge is -2.26. The molecule has 0 aromatic heterocycles. The molecule has 104 valence electrons. The van der Waals surface area contributed by atoms with Gasteiger partial charge in [-0.05, 0) is 50.9 Å². The normalized spacial score (nSPS) is 23.9. The number of methoxy groups -OCH3 is 1. The molecule has 0 bridgehead atoms. The van der Waals surface area contributed by atoms with Crippen molar-refractivity contribution in [2.75, 3.05) is 13.7 Å². The fourth-order valence-electron chi connectivity index (χ4n) is 2.44. The number of hydrogen-bond donors (Lipinski definition) is 2. The number of carbonyl (C=O) groups is 1. The average molecular weight is 262 g/mol. The Bertz CT molecular complexity index is 453. The first-order valence-electron chi connectivity index (χ1n) is 6.75. The molecule has 4 nitrogen and oxygen atoms in total. The van der Waals surface area contributed by atoms with Crippen molar-refractivity contribution >= 4 is 5.91 Å². The van der Waals surface area contributed by atoms with Crippen molar-refractivity contribution in [3.05, 3.63) is 29.8 Å². The summed E-state index contributed by atoms with van der Waals surface area (Å²) in [5, 5.41) is 6.35. The number of hydrogen-bond acceptors (Lipinski definition) is 3. The van der Waals surface area contributed by atoms with Crippen LogP contribution in [0.25, 0.3) is 0 Å². The van der Waals surface area contributed by atoms with Crippen LogP contribution in [0.4, 0.5) is 0 Å². The van der Waals surface area contributed by atoms with Crippen LogP contribution in [0.1, 0.15) is 38.3 Å². The van der Waals surface area contributed by atoms with Gasteiger partial charge in [-0.3, -0.25) is 4.79 Å². The maximum Gasteiger partial charge on any atom is 0.240 e. The molecule has 0 spiro atoms. The quantitative estimate of drug-likeness (QED) is 0.872. The number of nitrogens with one attached hydrogen (secondary N) is 2. The van der Waals surface area contributed by atoms with Crippen LogP contribution in [-0.2, 0) is 4.79 Å². The van der Waals surface area contributed by atoms with Crippen LogP contribution in [0.15, 0.2) is 24.3 Å². The Balaban J connectivity index is 2.03. The first kappa shape index (κ1) is 13.9. The molecule has 1 aliphatic heterocycles. The maximum absolute atomic E-state index is 12.3. The van der Waals surface area contributed by atoms with Crippen molar-refractivity contribution in [2.45, 2.75) is 38.3 Å². The third-order valence-electron chi connectivity index (χ3n) is 3.81. The molecule has 1 aromatic rings. The molecule has 19 heavy (non-hydrogen) atoms. The molecule has 2 N–H and O–H groups in total. The molecule has 2 unspecified atom stereocenters. The lowest BCUT2D eigenvalue weighted by atomic mass is 9.98. The van der Waals surface area contributed by atoms with Gasteiger partial charge in [0, 0.05) is 0 Å². The van der Waals surface area contributed by atoms with Gasteiger partial charge < -0.3 is 15.4 Å². The van der Waals surface area contributed by atoms with Crippen LogP contribution in [0.3, 0.4) is 0 Å². The molecule has 0 saturated carbocycles. The summed E-state index contributed by atoms with van der Waals surface area (Å²) < 4.78 is 5.20. The van der Waals surface area contributed by atoms with Gasteiger partial charge in [-0.2, -0.15) is 0 Å². The van der Waals surface area contributed by atoms with Crippen LogP contribution >= 0.6 is 0 Å². The first-order valence-corrected chi connectivity index (χ1v) is 6.75. The van der Waals surface area contributed by atoms with Gasteiger partial charge in [0.15, 0.2) is 0 Å². The highest BCUT2D eigenvalue weighted by atomic mass is 16.5. The zero-order valence-corrected chi connectivity index (χ0v) is 11.8. The fourth-order valence-corrected chi connectivity index (χ4v) is 2.44. The zero-order chi connectivity index (χ0) is 13.9. The minimum Gasteiger partial charge on any atom is -0.497 e. The van der Waals surface area contributed by atoms with Gasteiger partial charge >= 0.3 is 0 Å². The topological polar surface area (TPSA) is 50.4 Å². The van der Waals surface area contributed by atoms with E-state index in [2.05, 4.69) is 10.6 Å². The van der Waals surface area contributed by atoms with Crippen LogP contribution < -0.4 is 15.4 Å². The van der Waals surface area contributed by atoms with Crippen molar-refractivity contribution < 1.29 is 9.53 Å². The Morgan fingerprint density at radius 3 is 2.95 bits per heavy atom. The van der Waals surface area contributed by atoms with Crippen LogP contribution in [0.5, 0.6) is 5.75 Å². The molecule has 1 amide bonds. The highest BCUT2D eigenvalue weighted by molar-refractivity contribution is 5.86. The Labute approximate surface area is 114 Å². The number of benzene rings is 1. The fraction of sp³-hybridized carbons (Fsp3) is 0.533. The van der Waals surface area contributed by atoms with Gasteiger partial charge in [0.05, 0.1) is 18.7 Å². The molecular weight excluding hydrogens is 240 g/mol. The minimum absolute atomic E-state index is 0.0261. The number of rotatable bonds is 4. The van der Waals surface area contributed by atoms with Gasteiger partial charge in [-0.1, -0.05) is 12.1 Å². The van der Waals surface area contributed by atoms with Gasteiger partial charge in [-0.15, -0.1) is 0 Å². The molecule has 2 rings (SSSR count). The predicted octanol–water partition coefficient (Wildman–Crippen LogP) is 2.01. The molecule has 1 heterocycles. The summed E-state index contributed by atoms with van der Waals surface area (Å²) in [5.74, 6) is 0.879. The summed E-state index contributed by atoms with van der Waals surface area (Å²) in [5.41, 5.74) is 0.627. The third-order valence-corrected chi connectivity index (χ3v) is 3.81. The summed E-state index contributed by atoms with van der Waals surface area (Å²) in [6.45, 7) is 4.87. The summed E-state index contributed by atoms with van der Waals surface area (Å²) in [4.78, 5) is 12.3. The predicted molar refractivity (Wildman–Crippen MR) is 75.2 cm³/mol. The lowest BCUT2D eigenvalue weighted by molar-refractivity contribution is -0.127. The van der Waals surface area contributed by atoms with E-state index in [-0.39, 0.29) is 11.9 Å². The lowest BCUT2D eigenvalue weighted by Crippen LogP contribution is -2.51. The smallest absolute Gasteiger partial charge is 0.240 e. The van der Waals surface area contributed by atoms with E-state index in [1.807, 2.05) is 38.1 Å². The second-order valence-electron chi connectivity index (χ2n) is 5.33.